The number of aromatic amines is 1. The van der Waals surface area contributed by atoms with Crippen LogP contribution in [-0.4, -0.2) is 66.0 Å². The standard InChI is InChI=1S/C26H34N6.HI/c1-27-26(31(2)20-25-28-18-24(30-25)23-11-7-4-8-12-23)29-17-22-14-16-32(19-22)15-13-21-9-5-3-6-10-21;/h3-12,18,22H,13-17,19-20H2,1-2H3,(H,27,29)(H,28,30);1H. The van der Waals surface area contributed by atoms with Crippen LogP contribution in [0.5, 0.6) is 0 Å². The van der Waals surface area contributed by atoms with Gasteiger partial charge in [0.05, 0.1) is 18.4 Å². The van der Waals surface area contributed by atoms with Crippen molar-refractivity contribution >= 4 is 29.9 Å². The van der Waals surface area contributed by atoms with E-state index in [1.54, 1.807) is 0 Å². The van der Waals surface area contributed by atoms with Gasteiger partial charge in [0.15, 0.2) is 5.96 Å². The van der Waals surface area contributed by atoms with Crippen LogP contribution in [0.4, 0.5) is 0 Å². The van der Waals surface area contributed by atoms with Crippen molar-refractivity contribution in [3.8, 4) is 11.3 Å². The summed E-state index contributed by atoms with van der Waals surface area (Å²) in [6, 6.07) is 21.1. The molecule has 2 N–H and O–H groups in total. The second kappa shape index (κ2) is 12.7. The summed E-state index contributed by atoms with van der Waals surface area (Å²) in [4.78, 5) is 17.2. The fourth-order valence-corrected chi connectivity index (χ4v) is 4.34. The summed E-state index contributed by atoms with van der Waals surface area (Å²) in [6.07, 6.45) is 4.26. The zero-order chi connectivity index (χ0) is 22.2. The number of H-pyrrole nitrogens is 1. The van der Waals surface area contributed by atoms with Gasteiger partial charge in [-0.05, 0) is 36.4 Å². The number of imidazole rings is 1. The Bertz CT molecular complexity index is 988. The predicted molar refractivity (Wildman–Crippen MR) is 147 cm³/mol. The lowest BCUT2D eigenvalue weighted by atomic mass is 10.1. The summed E-state index contributed by atoms with van der Waals surface area (Å²) in [6.45, 7) is 5.10. The third-order valence-electron chi connectivity index (χ3n) is 6.15. The van der Waals surface area contributed by atoms with Crippen LogP contribution in [0, 0.1) is 5.92 Å². The first-order valence-corrected chi connectivity index (χ1v) is 11.5. The van der Waals surface area contributed by atoms with Gasteiger partial charge < -0.3 is 20.1 Å². The van der Waals surface area contributed by atoms with Crippen LogP contribution in [0.2, 0.25) is 0 Å². The highest BCUT2D eigenvalue weighted by atomic mass is 127. The number of benzene rings is 2. The molecule has 1 atom stereocenters. The van der Waals surface area contributed by atoms with Gasteiger partial charge in [0.2, 0.25) is 0 Å². The number of guanidine groups is 1. The summed E-state index contributed by atoms with van der Waals surface area (Å²) >= 11 is 0. The van der Waals surface area contributed by atoms with Crippen LogP contribution < -0.4 is 5.32 Å². The second-order valence-corrected chi connectivity index (χ2v) is 8.58. The normalized spacial score (nSPS) is 16.4. The molecule has 3 aromatic rings. The van der Waals surface area contributed by atoms with Gasteiger partial charge in [-0.15, -0.1) is 24.0 Å². The minimum absolute atomic E-state index is 0. The van der Waals surface area contributed by atoms with Gasteiger partial charge in [-0.3, -0.25) is 4.99 Å². The molecular weight excluding hydrogens is 523 g/mol. The van der Waals surface area contributed by atoms with Crippen molar-refractivity contribution in [2.75, 3.05) is 40.3 Å². The molecule has 1 unspecified atom stereocenters. The number of nitrogens with zero attached hydrogens (tertiary/aromatic N) is 4. The molecule has 1 aliphatic heterocycles. The topological polar surface area (TPSA) is 59.6 Å². The maximum absolute atomic E-state index is 4.56. The molecule has 2 aromatic carbocycles. The Labute approximate surface area is 214 Å². The van der Waals surface area contributed by atoms with Crippen molar-refractivity contribution in [3.05, 3.63) is 78.2 Å². The fraction of sp³-hybridized carbons (Fsp3) is 0.385. The van der Waals surface area contributed by atoms with E-state index in [2.05, 4.69) is 79.6 Å². The third kappa shape index (κ3) is 7.30. The van der Waals surface area contributed by atoms with E-state index >= 15 is 0 Å². The maximum atomic E-state index is 4.56. The lowest BCUT2D eigenvalue weighted by molar-refractivity contribution is 0.327. The Morgan fingerprint density at radius 3 is 2.61 bits per heavy atom. The second-order valence-electron chi connectivity index (χ2n) is 8.58. The largest absolute Gasteiger partial charge is 0.356 e. The predicted octanol–water partition coefficient (Wildman–Crippen LogP) is 4.27. The SMILES string of the molecule is CN=C(NCC1CCN(CCc2ccccc2)C1)N(C)Cc1ncc(-c2ccccc2)[nH]1.I. The number of aliphatic imine (C=N–C) groups is 1. The summed E-state index contributed by atoms with van der Waals surface area (Å²) in [7, 11) is 3.90. The van der Waals surface area contributed by atoms with Gasteiger partial charge in [-0.2, -0.15) is 0 Å². The molecule has 176 valence electrons. The molecule has 0 radical (unpaired) electrons. The van der Waals surface area contributed by atoms with Crippen molar-refractivity contribution < 1.29 is 0 Å². The Morgan fingerprint density at radius 2 is 1.88 bits per heavy atom. The first-order chi connectivity index (χ1) is 15.7. The maximum Gasteiger partial charge on any atom is 0.193 e. The quantitative estimate of drug-likeness (QED) is 0.247. The first-order valence-electron chi connectivity index (χ1n) is 11.5. The first kappa shape index (κ1) is 25.2. The highest BCUT2D eigenvalue weighted by Gasteiger charge is 2.22. The summed E-state index contributed by atoms with van der Waals surface area (Å²) in [5, 5.41) is 3.57. The smallest absolute Gasteiger partial charge is 0.193 e. The fourth-order valence-electron chi connectivity index (χ4n) is 4.34. The number of aromatic nitrogens is 2. The molecule has 7 heteroatoms. The van der Waals surface area contributed by atoms with E-state index in [0.29, 0.717) is 12.5 Å². The molecule has 1 aliphatic rings. The molecule has 2 heterocycles. The highest BCUT2D eigenvalue weighted by Crippen LogP contribution is 2.17. The molecule has 0 saturated carbocycles. The monoisotopic (exact) mass is 558 g/mol. The van der Waals surface area contributed by atoms with E-state index in [0.717, 1.165) is 49.1 Å². The van der Waals surface area contributed by atoms with E-state index in [9.17, 15) is 0 Å². The minimum atomic E-state index is 0. The highest BCUT2D eigenvalue weighted by molar-refractivity contribution is 14.0. The molecule has 1 fully saturated rings. The van der Waals surface area contributed by atoms with Crippen LogP contribution in [0.1, 0.15) is 17.8 Å². The van der Waals surface area contributed by atoms with Crippen LogP contribution >= 0.6 is 24.0 Å². The zero-order valence-electron chi connectivity index (χ0n) is 19.6. The van der Waals surface area contributed by atoms with Gasteiger partial charge in [-0.1, -0.05) is 60.7 Å². The average Bonchev–Trinajstić information content (AvgIpc) is 3.49. The van der Waals surface area contributed by atoms with Gasteiger partial charge >= 0.3 is 0 Å². The van der Waals surface area contributed by atoms with Crippen molar-refractivity contribution in [1.82, 2.24) is 25.1 Å². The van der Waals surface area contributed by atoms with E-state index in [4.69, 9.17) is 0 Å². The third-order valence-corrected chi connectivity index (χ3v) is 6.15. The molecule has 0 amide bonds. The van der Waals surface area contributed by atoms with Crippen LogP contribution in [0.15, 0.2) is 71.9 Å². The molecule has 1 saturated heterocycles. The molecule has 0 bridgehead atoms. The lowest BCUT2D eigenvalue weighted by Gasteiger charge is -2.23. The van der Waals surface area contributed by atoms with Crippen molar-refractivity contribution in [2.45, 2.75) is 19.4 Å². The van der Waals surface area contributed by atoms with Crippen LogP contribution in [0.3, 0.4) is 0 Å². The summed E-state index contributed by atoms with van der Waals surface area (Å²) < 4.78 is 0. The number of likely N-dealkylation sites (tertiary alicyclic amines) is 1. The minimum Gasteiger partial charge on any atom is -0.356 e. The Kier molecular flexibility index (Phi) is 9.75. The van der Waals surface area contributed by atoms with Crippen molar-refractivity contribution in [2.24, 2.45) is 10.9 Å². The Balaban J connectivity index is 0.00000306. The Morgan fingerprint density at radius 1 is 1.15 bits per heavy atom. The molecule has 4 rings (SSSR count). The summed E-state index contributed by atoms with van der Waals surface area (Å²) in [5.41, 5.74) is 3.61. The number of rotatable bonds is 8. The lowest BCUT2D eigenvalue weighted by Crippen LogP contribution is -2.41. The summed E-state index contributed by atoms with van der Waals surface area (Å²) in [5.74, 6) is 2.50. The molecular formula is C26H35IN6. The van der Waals surface area contributed by atoms with E-state index in [1.165, 1.54) is 18.5 Å². The average molecular weight is 559 g/mol. The van der Waals surface area contributed by atoms with Gasteiger partial charge in [-0.25, -0.2) is 4.98 Å². The molecule has 1 aromatic heterocycles. The molecule has 0 spiro atoms. The van der Waals surface area contributed by atoms with E-state index < -0.39 is 0 Å². The van der Waals surface area contributed by atoms with Crippen molar-refractivity contribution in [3.63, 3.8) is 0 Å². The number of hydrogen-bond donors (Lipinski definition) is 2. The molecule has 33 heavy (non-hydrogen) atoms. The van der Waals surface area contributed by atoms with Crippen molar-refractivity contribution in [1.29, 1.82) is 0 Å². The Hall–Kier alpha value is -2.39. The van der Waals surface area contributed by atoms with Crippen LogP contribution in [-0.2, 0) is 13.0 Å². The zero-order valence-corrected chi connectivity index (χ0v) is 21.9. The number of nitrogens with one attached hydrogen (secondary N) is 2. The van der Waals surface area contributed by atoms with Gasteiger partial charge in [0, 0.05) is 33.7 Å². The van der Waals surface area contributed by atoms with Crippen LogP contribution in [0.25, 0.3) is 11.3 Å². The van der Waals surface area contributed by atoms with Gasteiger partial charge in [0.25, 0.3) is 0 Å². The number of halogens is 1. The van der Waals surface area contributed by atoms with Gasteiger partial charge in [0.1, 0.15) is 5.82 Å². The van der Waals surface area contributed by atoms with E-state index in [-0.39, 0.29) is 24.0 Å². The molecule has 6 nitrogen and oxygen atoms in total. The number of hydrogen-bond acceptors (Lipinski definition) is 3. The molecule has 0 aliphatic carbocycles. The van der Waals surface area contributed by atoms with E-state index in [1.807, 2.05) is 31.4 Å².